The second-order valence-electron chi connectivity index (χ2n) is 6.83. The van der Waals surface area contributed by atoms with Gasteiger partial charge in [0, 0.05) is 42.9 Å². The van der Waals surface area contributed by atoms with Gasteiger partial charge in [-0.05, 0) is 73.5 Å². The van der Waals surface area contributed by atoms with Gasteiger partial charge in [-0.1, -0.05) is 6.07 Å². The smallest absolute Gasteiger partial charge is 0.255 e. The number of aromatic nitrogens is 1. The van der Waals surface area contributed by atoms with Gasteiger partial charge in [0.05, 0.1) is 0 Å². The molecule has 0 fully saturated rings. The lowest BCUT2D eigenvalue weighted by molar-refractivity contribution is 0.102. The lowest BCUT2D eigenvalue weighted by atomic mass is 10.1. The van der Waals surface area contributed by atoms with Crippen molar-refractivity contribution in [1.29, 1.82) is 0 Å². The molecule has 3 rings (SSSR count). The van der Waals surface area contributed by atoms with E-state index in [4.69, 9.17) is 0 Å². The van der Waals surface area contributed by atoms with Crippen molar-refractivity contribution in [3.05, 3.63) is 77.5 Å². The van der Waals surface area contributed by atoms with Crippen LogP contribution in [0.4, 0.5) is 22.9 Å². The van der Waals surface area contributed by atoms with Crippen molar-refractivity contribution in [2.45, 2.75) is 13.8 Å². The molecule has 2 N–H and O–H groups in total. The topological polar surface area (TPSA) is 57.3 Å². The Hall–Kier alpha value is -3.34. The van der Waals surface area contributed by atoms with Gasteiger partial charge in [0.1, 0.15) is 5.82 Å². The maximum atomic E-state index is 12.6. The molecule has 0 aliphatic heterocycles. The monoisotopic (exact) mass is 360 g/mol. The van der Waals surface area contributed by atoms with Crippen LogP contribution in [0.25, 0.3) is 0 Å². The fourth-order valence-corrected chi connectivity index (χ4v) is 2.88. The Morgan fingerprint density at radius 2 is 1.56 bits per heavy atom. The number of carbonyl (C=O) groups excluding carboxylic acids is 1. The van der Waals surface area contributed by atoms with Crippen molar-refractivity contribution in [2.75, 3.05) is 29.6 Å². The number of hydrogen-bond donors (Lipinski definition) is 2. The third-order valence-electron chi connectivity index (χ3n) is 4.16. The first-order chi connectivity index (χ1) is 12.9. The number of carbonyl (C=O) groups is 1. The maximum absolute atomic E-state index is 12.6. The molecule has 1 aromatic heterocycles. The summed E-state index contributed by atoms with van der Waals surface area (Å²) < 4.78 is 0. The molecule has 0 bridgehead atoms. The second-order valence-corrected chi connectivity index (χ2v) is 6.83. The van der Waals surface area contributed by atoms with Crippen molar-refractivity contribution < 1.29 is 4.79 Å². The minimum absolute atomic E-state index is 0.168. The molecule has 0 atom stereocenters. The number of hydrogen-bond acceptors (Lipinski definition) is 4. The van der Waals surface area contributed by atoms with Crippen molar-refractivity contribution in [3.8, 4) is 0 Å². The molecule has 0 spiro atoms. The standard InChI is InChI=1S/C22H24N4O/c1-15-11-16(2)13-19(12-15)24-21-14-17(9-10-23-21)22(27)25-18-5-7-20(8-6-18)26(3)4/h5-14H,1-4H3,(H,23,24)(H,25,27). The normalized spacial score (nSPS) is 10.4. The van der Waals surface area contributed by atoms with Gasteiger partial charge < -0.3 is 15.5 Å². The molecule has 2 aromatic carbocycles. The fourth-order valence-electron chi connectivity index (χ4n) is 2.88. The zero-order valence-corrected chi connectivity index (χ0v) is 16.1. The van der Waals surface area contributed by atoms with Gasteiger partial charge >= 0.3 is 0 Å². The van der Waals surface area contributed by atoms with Gasteiger partial charge in [-0.15, -0.1) is 0 Å². The fraction of sp³-hybridized carbons (Fsp3) is 0.182. The number of benzene rings is 2. The molecule has 1 amide bonds. The zero-order chi connectivity index (χ0) is 19.4. The molecular formula is C22H24N4O. The predicted octanol–water partition coefficient (Wildman–Crippen LogP) is 4.76. The Balaban J connectivity index is 1.73. The van der Waals surface area contributed by atoms with E-state index in [1.165, 1.54) is 11.1 Å². The lowest BCUT2D eigenvalue weighted by Crippen LogP contribution is -2.13. The highest BCUT2D eigenvalue weighted by molar-refractivity contribution is 6.04. The van der Waals surface area contributed by atoms with Crippen molar-refractivity contribution in [2.24, 2.45) is 0 Å². The zero-order valence-electron chi connectivity index (χ0n) is 16.1. The first-order valence-electron chi connectivity index (χ1n) is 8.81. The van der Waals surface area contributed by atoms with Gasteiger partial charge in [0.25, 0.3) is 5.91 Å². The van der Waals surface area contributed by atoms with Gasteiger partial charge in [0.2, 0.25) is 0 Å². The van der Waals surface area contributed by atoms with E-state index in [9.17, 15) is 4.79 Å². The number of rotatable bonds is 5. The highest BCUT2D eigenvalue weighted by Crippen LogP contribution is 2.20. The van der Waals surface area contributed by atoms with E-state index in [1.54, 1.807) is 18.3 Å². The quantitative estimate of drug-likeness (QED) is 0.689. The summed E-state index contributed by atoms with van der Waals surface area (Å²) in [6, 6.07) is 17.4. The first-order valence-corrected chi connectivity index (χ1v) is 8.81. The molecule has 3 aromatic rings. The molecule has 5 heteroatoms. The summed E-state index contributed by atoms with van der Waals surface area (Å²) in [7, 11) is 3.96. The summed E-state index contributed by atoms with van der Waals surface area (Å²) in [6.07, 6.45) is 1.63. The largest absolute Gasteiger partial charge is 0.378 e. The lowest BCUT2D eigenvalue weighted by Gasteiger charge is -2.13. The Morgan fingerprint density at radius 1 is 0.889 bits per heavy atom. The molecule has 27 heavy (non-hydrogen) atoms. The van der Waals surface area contributed by atoms with Crippen LogP contribution in [0, 0.1) is 13.8 Å². The van der Waals surface area contributed by atoms with Crippen LogP contribution in [0.15, 0.2) is 60.8 Å². The average Bonchev–Trinajstić information content (AvgIpc) is 2.61. The van der Waals surface area contributed by atoms with Crippen LogP contribution in [-0.2, 0) is 0 Å². The molecule has 1 heterocycles. The molecular weight excluding hydrogens is 336 g/mol. The van der Waals surface area contributed by atoms with Crippen LogP contribution in [0.1, 0.15) is 21.5 Å². The maximum Gasteiger partial charge on any atom is 0.255 e. The van der Waals surface area contributed by atoms with Crippen LogP contribution in [0.5, 0.6) is 0 Å². The SMILES string of the molecule is Cc1cc(C)cc(Nc2cc(C(=O)Nc3ccc(N(C)C)cc3)ccn2)c1. The minimum atomic E-state index is -0.168. The molecule has 0 saturated heterocycles. The van der Waals surface area contributed by atoms with E-state index < -0.39 is 0 Å². The third-order valence-corrected chi connectivity index (χ3v) is 4.16. The van der Waals surface area contributed by atoms with E-state index in [0.717, 1.165) is 17.1 Å². The molecule has 5 nitrogen and oxygen atoms in total. The summed E-state index contributed by atoms with van der Waals surface area (Å²) in [6.45, 7) is 4.11. The summed E-state index contributed by atoms with van der Waals surface area (Å²) in [5, 5.41) is 6.19. The average molecular weight is 360 g/mol. The molecule has 0 unspecified atom stereocenters. The van der Waals surface area contributed by atoms with Crippen LogP contribution in [0.3, 0.4) is 0 Å². The summed E-state index contributed by atoms with van der Waals surface area (Å²) in [5.41, 5.74) is 5.69. The van der Waals surface area contributed by atoms with Crippen LogP contribution < -0.4 is 15.5 Å². The van der Waals surface area contributed by atoms with Gasteiger partial charge in [0.15, 0.2) is 0 Å². The molecule has 138 valence electrons. The highest BCUT2D eigenvalue weighted by atomic mass is 16.1. The van der Waals surface area contributed by atoms with E-state index in [2.05, 4.69) is 35.5 Å². The first kappa shape index (κ1) is 18.5. The van der Waals surface area contributed by atoms with Crippen molar-refractivity contribution >= 4 is 28.8 Å². The van der Waals surface area contributed by atoms with Crippen LogP contribution in [-0.4, -0.2) is 25.0 Å². The number of aryl methyl sites for hydroxylation is 2. The van der Waals surface area contributed by atoms with Crippen LogP contribution >= 0.6 is 0 Å². The van der Waals surface area contributed by atoms with Crippen LogP contribution in [0.2, 0.25) is 0 Å². The third kappa shape index (κ3) is 4.85. The minimum Gasteiger partial charge on any atom is -0.378 e. The Morgan fingerprint density at radius 3 is 2.19 bits per heavy atom. The number of amides is 1. The molecule has 0 saturated carbocycles. The Labute approximate surface area is 160 Å². The molecule has 0 radical (unpaired) electrons. The van der Waals surface area contributed by atoms with Gasteiger partial charge in [-0.25, -0.2) is 4.98 Å². The second kappa shape index (κ2) is 7.91. The number of pyridine rings is 1. The van der Waals surface area contributed by atoms with Crippen molar-refractivity contribution in [1.82, 2.24) is 4.98 Å². The summed E-state index contributed by atoms with van der Waals surface area (Å²) in [4.78, 5) is 18.9. The number of nitrogens with one attached hydrogen (secondary N) is 2. The molecule has 0 aliphatic carbocycles. The van der Waals surface area contributed by atoms with E-state index in [0.29, 0.717) is 11.4 Å². The highest BCUT2D eigenvalue weighted by Gasteiger charge is 2.08. The van der Waals surface area contributed by atoms with Gasteiger partial charge in [-0.3, -0.25) is 4.79 Å². The van der Waals surface area contributed by atoms with E-state index in [1.807, 2.05) is 55.4 Å². The van der Waals surface area contributed by atoms with Crippen molar-refractivity contribution in [3.63, 3.8) is 0 Å². The van der Waals surface area contributed by atoms with E-state index in [-0.39, 0.29) is 5.91 Å². The summed E-state index contributed by atoms with van der Waals surface area (Å²) >= 11 is 0. The van der Waals surface area contributed by atoms with Gasteiger partial charge in [-0.2, -0.15) is 0 Å². The number of anilines is 4. The Kier molecular flexibility index (Phi) is 5.41. The number of nitrogens with zero attached hydrogens (tertiary/aromatic N) is 2. The van der Waals surface area contributed by atoms with E-state index >= 15 is 0 Å². The Bertz CT molecular complexity index is 929. The predicted molar refractivity (Wildman–Crippen MR) is 112 cm³/mol. The molecule has 0 aliphatic rings. The summed E-state index contributed by atoms with van der Waals surface area (Å²) in [5.74, 6) is 0.467.